The van der Waals surface area contributed by atoms with Crippen LogP contribution in [0.2, 0.25) is 0 Å². The Morgan fingerprint density at radius 3 is 3.00 bits per heavy atom. The van der Waals surface area contributed by atoms with Crippen LogP contribution in [0.1, 0.15) is 6.42 Å². The minimum atomic E-state index is -0.687. The lowest BCUT2D eigenvalue weighted by Crippen LogP contribution is -2.43. The summed E-state index contributed by atoms with van der Waals surface area (Å²) < 4.78 is 4.48. The van der Waals surface area contributed by atoms with Crippen molar-refractivity contribution >= 4 is 11.9 Å². The molecule has 1 rings (SSSR count). The minimum Gasteiger partial charge on any atom is -0.453 e. The molecule has 0 saturated carbocycles. The molecule has 5 nitrogen and oxygen atoms in total. The van der Waals surface area contributed by atoms with Gasteiger partial charge in [0.2, 0.25) is 0 Å². The van der Waals surface area contributed by atoms with Crippen molar-refractivity contribution in [2.24, 2.45) is 5.92 Å². The van der Waals surface area contributed by atoms with Gasteiger partial charge in [-0.1, -0.05) is 0 Å². The summed E-state index contributed by atoms with van der Waals surface area (Å²) in [6, 6.07) is 1.86. The Balaban J connectivity index is 2.61. The van der Waals surface area contributed by atoms with Crippen LogP contribution in [-0.4, -0.2) is 37.0 Å². The summed E-state index contributed by atoms with van der Waals surface area (Å²) in [4.78, 5) is 23.5. The van der Waals surface area contributed by atoms with Gasteiger partial charge in [0, 0.05) is 19.5 Å². The van der Waals surface area contributed by atoms with Gasteiger partial charge in [0.15, 0.2) is 5.78 Å². The number of hydrogen-bond donors (Lipinski definition) is 0. The van der Waals surface area contributed by atoms with Gasteiger partial charge >= 0.3 is 6.09 Å². The monoisotopic (exact) mass is 182 g/mol. The quantitative estimate of drug-likeness (QED) is 0.535. The van der Waals surface area contributed by atoms with Crippen molar-refractivity contribution in [2.75, 3.05) is 20.2 Å². The normalized spacial score (nSPS) is 22.3. The van der Waals surface area contributed by atoms with E-state index in [-0.39, 0.29) is 18.7 Å². The van der Waals surface area contributed by atoms with E-state index in [1.807, 2.05) is 6.07 Å². The van der Waals surface area contributed by atoms with Crippen LogP contribution in [0.15, 0.2) is 0 Å². The smallest absolute Gasteiger partial charge is 0.409 e. The number of Topliss-reactive ketones (excluding diaryl/α,β-unsaturated/α-hetero) is 1. The zero-order valence-electron chi connectivity index (χ0n) is 7.32. The second-order valence-electron chi connectivity index (χ2n) is 2.81. The molecule has 1 unspecified atom stereocenters. The number of piperidine rings is 1. The number of nitriles is 1. The van der Waals surface area contributed by atoms with Crippen LogP contribution in [-0.2, 0) is 9.53 Å². The molecule has 0 spiro atoms. The summed E-state index contributed by atoms with van der Waals surface area (Å²) in [7, 11) is 1.28. The Bertz CT molecular complexity index is 269. The van der Waals surface area contributed by atoms with Crippen LogP contribution in [0.3, 0.4) is 0 Å². The topological polar surface area (TPSA) is 70.4 Å². The second-order valence-corrected chi connectivity index (χ2v) is 2.81. The van der Waals surface area contributed by atoms with Crippen LogP contribution >= 0.6 is 0 Å². The molecule has 1 heterocycles. The largest absolute Gasteiger partial charge is 0.453 e. The molecule has 70 valence electrons. The van der Waals surface area contributed by atoms with Gasteiger partial charge in [-0.3, -0.25) is 4.79 Å². The molecule has 1 atom stereocenters. The van der Waals surface area contributed by atoms with Gasteiger partial charge in [-0.05, 0) is 0 Å². The third-order valence-corrected chi connectivity index (χ3v) is 2.01. The molecule has 1 saturated heterocycles. The van der Waals surface area contributed by atoms with Crippen molar-refractivity contribution in [2.45, 2.75) is 6.42 Å². The Hall–Kier alpha value is -1.57. The molecule has 0 N–H and O–H groups in total. The van der Waals surface area contributed by atoms with Crippen LogP contribution in [0.4, 0.5) is 4.79 Å². The van der Waals surface area contributed by atoms with Crippen molar-refractivity contribution in [3.63, 3.8) is 0 Å². The lowest BCUT2D eigenvalue weighted by atomic mass is 9.98. The van der Waals surface area contributed by atoms with E-state index in [0.717, 1.165) is 0 Å². The maximum absolute atomic E-state index is 11.1. The maximum Gasteiger partial charge on any atom is 0.409 e. The van der Waals surface area contributed by atoms with Crippen LogP contribution < -0.4 is 0 Å². The first-order valence-corrected chi connectivity index (χ1v) is 3.94. The van der Waals surface area contributed by atoms with Crippen LogP contribution in [0, 0.1) is 17.2 Å². The third-order valence-electron chi connectivity index (χ3n) is 2.01. The molecule has 0 radical (unpaired) electrons. The summed E-state index contributed by atoms with van der Waals surface area (Å²) in [5.74, 6) is -0.782. The molecular weight excluding hydrogens is 172 g/mol. The molecular formula is C8H10N2O3. The number of nitrogens with zero attached hydrogens (tertiary/aromatic N) is 2. The Morgan fingerprint density at radius 2 is 2.46 bits per heavy atom. The molecule has 0 aliphatic carbocycles. The molecule has 0 bridgehead atoms. The van der Waals surface area contributed by atoms with E-state index in [2.05, 4.69) is 4.74 Å². The number of rotatable bonds is 0. The fourth-order valence-corrected chi connectivity index (χ4v) is 1.24. The molecule has 0 aromatic rings. The van der Waals surface area contributed by atoms with E-state index in [0.29, 0.717) is 6.54 Å². The Morgan fingerprint density at radius 1 is 1.77 bits per heavy atom. The SMILES string of the molecule is COC(=O)N1CCC(=O)C(C#N)C1. The highest BCUT2D eigenvalue weighted by Crippen LogP contribution is 2.12. The zero-order chi connectivity index (χ0) is 9.84. The molecule has 13 heavy (non-hydrogen) atoms. The molecule has 0 aromatic heterocycles. The van der Waals surface area contributed by atoms with Crippen LogP contribution in [0.25, 0.3) is 0 Å². The predicted octanol–water partition coefficient (Wildman–Crippen LogP) is 0.167. The first-order valence-electron chi connectivity index (χ1n) is 3.94. The number of carbonyl (C=O) groups is 2. The summed E-state index contributed by atoms with van der Waals surface area (Å²) in [5, 5.41) is 8.58. The minimum absolute atomic E-state index is 0.0948. The van der Waals surface area contributed by atoms with Gasteiger partial charge in [-0.25, -0.2) is 4.79 Å². The number of carbonyl (C=O) groups excluding carboxylic acids is 2. The van der Waals surface area contributed by atoms with Gasteiger partial charge in [0.05, 0.1) is 13.2 Å². The second kappa shape index (κ2) is 3.90. The van der Waals surface area contributed by atoms with Crippen molar-refractivity contribution in [1.29, 1.82) is 5.26 Å². The fraction of sp³-hybridized carbons (Fsp3) is 0.625. The lowest BCUT2D eigenvalue weighted by Gasteiger charge is -2.27. The molecule has 1 aliphatic rings. The number of ether oxygens (including phenoxy) is 1. The highest BCUT2D eigenvalue weighted by molar-refractivity contribution is 5.86. The van der Waals surface area contributed by atoms with Gasteiger partial charge < -0.3 is 9.64 Å². The third kappa shape index (κ3) is 1.96. The average Bonchev–Trinajstić information content (AvgIpc) is 2.17. The predicted molar refractivity (Wildman–Crippen MR) is 42.7 cm³/mol. The van der Waals surface area contributed by atoms with E-state index in [1.165, 1.54) is 12.0 Å². The maximum atomic E-state index is 11.1. The van der Waals surface area contributed by atoms with Crippen molar-refractivity contribution in [1.82, 2.24) is 4.90 Å². The molecule has 1 aliphatic heterocycles. The summed E-state index contributed by atoms with van der Waals surface area (Å²) in [6.07, 6.45) is -0.236. The highest BCUT2D eigenvalue weighted by Gasteiger charge is 2.29. The van der Waals surface area contributed by atoms with Gasteiger partial charge in [0.25, 0.3) is 0 Å². The number of amides is 1. The Kier molecular flexibility index (Phi) is 2.85. The summed E-state index contributed by atoms with van der Waals surface area (Å²) in [6.45, 7) is 0.506. The summed E-state index contributed by atoms with van der Waals surface area (Å²) in [5.41, 5.74) is 0. The van der Waals surface area contributed by atoms with Gasteiger partial charge in [-0.2, -0.15) is 5.26 Å². The molecule has 0 aromatic carbocycles. The highest BCUT2D eigenvalue weighted by atomic mass is 16.5. The number of hydrogen-bond acceptors (Lipinski definition) is 4. The van der Waals surface area contributed by atoms with E-state index in [1.54, 1.807) is 0 Å². The molecule has 1 amide bonds. The van der Waals surface area contributed by atoms with Crippen molar-refractivity contribution in [3.8, 4) is 6.07 Å². The van der Waals surface area contributed by atoms with Crippen LogP contribution in [0.5, 0.6) is 0 Å². The average molecular weight is 182 g/mol. The lowest BCUT2D eigenvalue weighted by molar-refractivity contribution is -0.123. The zero-order valence-corrected chi connectivity index (χ0v) is 7.32. The first-order chi connectivity index (χ1) is 6.19. The fourth-order valence-electron chi connectivity index (χ4n) is 1.24. The number of likely N-dealkylation sites (tertiary alicyclic amines) is 1. The number of ketones is 1. The standard InChI is InChI=1S/C8H10N2O3/c1-13-8(12)10-3-2-7(11)6(4-9)5-10/h6H,2-3,5H2,1H3. The van der Waals surface area contributed by atoms with Gasteiger partial charge in [0.1, 0.15) is 5.92 Å². The first kappa shape index (κ1) is 9.52. The van der Waals surface area contributed by atoms with E-state index in [4.69, 9.17) is 5.26 Å². The van der Waals surface area contributed by atoms with E-state index in [9.17, 15) is 9.59 Å². The molecule has 5 heteroatoms. The number of methoxy groups -OCH3 is 1. The van der Waals surface area contributed by atoms with Crippen molar-refractivity contribution < 1.29 is 14.3 Å². The van der Waals surface area contributed by atoms with E-state index >= 15 is 0 Å². The van der Waals surface area contributed by atoms with Gasteiger partial charge in [-0.15, -0.1) is 0 Å². The van der Waals surface area contributed by atoms with Crippen molar-refractivity contribution in [3.05, 3.63) is 0 Å². The summed E-state index contributed by atoms with van der Waals surface area (Å²) >= 11 is 0. The molecule has 1 fully saturated rings. The van der Waals surface area contributed by atoms with E-state index < -0.39 is 12.0 Å². The Labute approximate surface area is 75.9 Å².